The monoisotopic (exact) mass is 217 g/mol. The van der Waals surface area contributed by atoms with Crippen molar-refractivity contribution in [3.63, 3.8) is 0 Å². The molecule has 0 saturated heterocycles. The Hall–Kier alpha value is -0.610. The van der Waals surface area contributed by atoms with Crippen molar-refractivity contribution in [1.29, 1.82) is 0 Å². The maximum absolute atomic E-state index is 10.9. The van der Waals surface area contributed by atoms with Crippen molar-refractivity contribution in [3.05, 3.63) is 0 Å². The van der Waals surface area contributed by atoms with E-state index in [4.69, 9.17) is 9.47 Å². The molecule has 1 N–H and O–H groups in total. The van der Waals surface area contributed by atoms with Crippen LogP contribution in [0.25, 0.3) is 0 Å². The van der Waals surface area contributed by atoms with E-state index in [0.717, 1.165) is 39.1 Å². The molecule has 0 heterocycles. The Bertz CT molecular complexity index is 151. The molecule has 0 fully saturated rings. The molecule has 0 aromatic carbocycles. The molecule has 0 saturated carbocycles. The van der Waals surface area contributed by atoms with E-state index in [1.165, 1.54) is 0 Å². The minimum Gasteiger partial charge on any atom is -0.466 e. The van der Waals surface area contributed by atoms with Gasteiger partial charge in [-0.3, -0.25) is 4.79 Å². The minimum absolute atomic E-state index is 0.103. The highest BCUT2D eigenvalue weighted by atomic mass is 16.5. The summed E-state index contributed by atoms with van der Waals surface area (Å²) in [6, 6.07) is 0. The summed E-state index contributed by atoms with van der Waals surface area (Å²) in [5.74, 6) is -0.103. The SMILES string of the molecule is CCOCCCNCCCC(=O)OCC. The first-order valence-electron chi connectivity index (χ1n) is 5.75. The molecule has 0 rings (SSSR count). The smallest absolute Gasteiger partial charge is 0.305 e. The molecule has 0 spiro atoms. The number of ether oxygens (including phenoxy) is 2. The van der Waals surface area contributed by atoms with E-state index in [1.807, 2.05) is 13.8 Å². The molecule has 0 unspecified atom stereocenters. The Kier molecular flexibility index (Phi) is 11.0. The van der Waals surface area contributed by atoms with Gasteiger partial charge in [-0.1, -0.05) is 0 Å². The van der Waals surface area contributed by atoms with Gasteiger partial charge in [-0.15, -0.1) is 0 Å². The highest BCUT2D eigenvalue weighted by molar-refractivity contribution is 5.69. The minimum atomic E-state index is -0.103. The van der Waals surface area contributed by atoms with Gasteiger partial charge in [0.1, 0.15) is 0 Å². The summed E-state index contributed by atoms with van der Waals surface area (Å²) in [7, 11) is 0. The van der Waals surface area contributed by atoms with Gasteiger partial charge in [-0.2, -0.15) is 0 Å². The lowest BCUT2D eigenvalue weighted by Crippen LogP contribution is -2.19. The third-order valence-electron chi connectivity index (χ3n) is 1.89. The summed E-state index contributed by atoms with van der Waals surface area (Å²) in [6.07, 6.45) is 2.37. The quantitative estimate of drug-likeness (QED) is 0.443. The molecular weight excluding hydrogens is 194 g/mol. The van der Waals surface area contributed by atoms with Gasteiger partial charge in [0.25, 0.3) is 0 Å². The summed E-state index contributed by atoms with van der Waals surface area (Å²) in [5.41, 5.74) is 0. The van der Waals surface area contributed by atoms with Crippen LogP contribution in [0, 0.1) is 0 Å². The van der Waals surface area contributed by atoms with Crippen molar-refractivity contribution in [1.82, 2.24) is 5.32 Å². The third kappa shape index (κ3) is 11.3. The molecule has 4 nitrogen and oxygen atoms in total. The Morgan fingerprint density at radius 1 is 1.13 bits per heavy atom. The average molecular weight is 217 g/mol. The van der Waals surface area contributed by atoms with Gasteiger partial charge in [0.05, 0.1) is 6.61 Å². The van der Waals surface area contributed by atoms with Gasteiger partial charge >= 0.3 is 5.97 Å². The number of carbonyl (C=O) groups excluding carboxylic acids is 1. The molecule has 0 aliphatic rings. The lowest BCUT2D eigenvalue weighted by atomic mass is 10.3. The first-order valence-corrected chi connectivity index (χ1v) is 5.75. The summed E-state index contributed by atoms with van der Waals surface area (Å²) in [6.45, 7) is 7.69. The van der Waals surface area contributed by atoms with Crippen molar-refractivity contribution >= 4 is 5.97 Å². The van der Waals surface area contributed by atoms with Crippen LogP contribution < -0.4 is 5.32 Å². The molecule has 0 amide bonds. The molecule has 0 radical (unpaired) electrons. The maximum Gasteiger partial charge on any atom is 0.305 e. The number of esters is 1. The van der Waals surface area contributed by atoms with Crippen LogP contribution in [-0.2, 0) is 14.3 Å². The summed E-state index contributed by atoms with van der Waals surface area (Å²) < 4.78 is 10.0. The van der Waals surface area contributed by atoms with E-state index >= 15 is 0 Å². The van der Waals surface area contributed by atoms with E-state index in [0.29, 0.717) is 13.0 Å². The lowest BCUT2D eigenvalue weighted by molar-refractivity contribution is -0.143. The first kappa shape index (κ1) is 14.4. The van der Waals surface area contributed by atoms with Gasteiger partial charge in [0.15, 0.2) is 0 Å². The average Bonchev–Trinajstić information content (AvgIpc) is 2.22. The van der Waals surface area contributed by atoms with Gasteiger partial charge < -0.3 is 14.8 Å². The molecular formula is C11H23NO3. The van der Waals surface area contributed by atoms with Gasteiger partial charge in [-0.05, 0) is 39.8 Å². The zero-order chi connectivity index (χ0) is 11.4. The van der Waals surface area contributed by atoms with Crippen LogP contribution in [0.1, 0.15) is 33.1 Å². The number of nitrogens with one attached hydrogen (secondary N) is 1. The number of hydrogen-bond donors (Lipinski definition) is 1. The summed E-state index contributed by atoms with van der Waals surface area (Å²) >= 11 is 0. The van der Waals surface area contributed by atoms with E-state index in [2.05, 4.69) is 5.32 Å². The summed E-state index contributed by atoms with van der Waals surface area (Å²) in [5, 5.41) is 3.25. The number of carbonyl (C=O) groups is 1. The van der Waals surface area contributed by atoms with Crippen LogP contribution in [0.15, 0.2) is 0 Å². The van der Waals surface area contributed by atoms with Gasteiger partial charge in [0.2, 0.25) is 0 Å². The van der Waals surface area contributed by atoms with Crippen LogP contribution in [0.4, 0.5) is 0 Å². The lowest BCUT2D eigenvalue weighted by Gasteiger charge is -2.04. The van der Waals surface area contributed by atoms with E-state index in [1.54, 1.807) is 0 Å². The fourth-order valence-corrected chi connectivity index (χ4v) is 1.16. The number of rotatable bonds is 10. The van der Waals surface area contributed by atoms with Crippen molar-refractivity contribution < 1.29 is 14.3 Å². The third-order valence-corrected chi connectivity index (χ3v) is 1.89. The second-order valence-corrected chi connectivity index (χ2v) is 3.21. The van der Waals surface area contributed by atoms with Crippen LogP contribution in [0.5, 0.6) is 0 Å². The molecule has 0 aromatic heterocycles. The first-order chi connectivity index (χ1) is 7.31. The highest BCUT2D eigenvalue weighted by Crippen LogP contribution is 1.91. The van der Waals surface area contributed by atoms with Crippen LogP contribution in [-0.4, -0.2) is 38.9 Å². The second-order valence-electron chi connectivity index (χ2n) is 3.21. The predicted octanol–water partition coefficient (Wildman–Crippen LogP) is 1.35. The van der Waals surface area contributed by atoms with E-state index in [9.17, 15) is 4.79 Å². The Labute approximate surface area is 92.3 Å². The molecule has 15 heavy (non-hydrogen) atoms. The fourth-order valence-electron chi connectivity index (χ4n) is 1.16. The van der Waals surface area contributed by atoms with Crippen LogP contribution >= 0.6 is 0 Å². The molecule has 0 atom stereocenters. The predicted molar refractivity (Wildman–Crippen MR) is 59.8 cm³/mol. The van der Waals surface area contributed by atoms with Crippen LogP contribution in [0.2, 0.25) is 0 Å². The number of hydrogen-bond acceptors (Lipinski definition) is 4. The standard InChI is InChI=1S/C11H23NO3/c1-3-14-10-6-9-12-8-5-7-11(13)15-4-2/h12H,3-10H2,1-2H3. The Balaban J connectivity index is 3.01. The molecule has 0 aliphatic heterocycles. The van der Waals surface area contributed by atoms with E-state index < -0.39 is 0 Å². The van der Waals surface area contributed by atoms with Crippen LogP contribution in [0.3, 0.4) is 0 Å². The molecule has 0 aliphatic carbocycles. The molecule has 0 bridgehead atoms. The zero-order valence-corrected chi connectivity index (χ0v) is 9.88. The molecule has 0 aromatic rings. The normalized spacial score (nSPS) is 10.3. The maximum atomic E-state index is 10.9. The van der Waals surface area contributed by atoms with E-state index in [-0.39, 0.29) is 5.97 Å². The molecule has 4 heteroatoms. The van der Waals surface area contributed by atoms with Crippen molar-refractivity contribution in [2.45, 2.75) is 33.1 Å². The van der Waals surface area contributed by atoms with Crippen molar-refractivity contribution in [3.8, 4) is 0 Å². The Morgan fingerprint density at radius 2 is 1.87 bits per heavy atom. The second kappa shape index (κ2) is 11.5. The highest BCUT2D eigenvalue weighted by Gasteiger charge is 1.99. The Morgan fingerprint density at radius 3 is 2.53 bits per heavy atom. The van der Waals surface area contributed by atoms with Crippen molar-refractivity contribution in [2.24, 2.45) is 0 Å². The van der Waals surface area contributed by atoms with Gasteiger partial charge in [-0.25, -0.2) is 0 Å². The topological polar surface area (TPSA) is 47.6 Å². The zero-order valence-electron chi connectivity index (χ0n) is 9.88. The molecule has 90 valence electrons. The summed E-state index contributed by atoms with van der Waals surface area (Å²) in [4.78, 5) is 10.9. The van der Waals surface area contributed by atoms with Crippen molar-refractivity contribution in [2.75, 3.05) is 32.9 Å². The van der Waals surface area contributed by atoms with Gasteiger partial charge in [0, 0.05) is 19.6 Å². The fraction of sp³-hybridized carbons (Fsp3) is 0.909. The largest absolute Gasteiger partial charge is 0.466 e.